The van der Waals surface area contributed by atoms with E-state index in [1.165, 1.54) is 77.7 Å². The van der Waals surface area contributed by atoms with E-state index in [4.69, 9.17) is 14.6 Å². The molecule has 0 radical (unpaired) electrons. The van der Waals surface area contributed by atoms with Gasteiger partial charge in [-0.3, -0.25) is 0 Å². The van der Waals surface area contributed by atoms with E-state index in [-0.39, 0.29) is 6.10 Å². The minimum absolute atomic E-state index is 0.153. The Balaban J connectivity index is 3.48. The van der Waals surface area contributed by atoms with E-state index in [2.05, 4.69) is 6.92 Å². The molecule has 0 heterocycles. The summed E-state index contributed by atoms with van der Waals surface area (Å²) >= 11 is 0. The Bertz CT molecular complexity index is 281. The Morgan fingerprint density at radius 1 is 0.750 bits per heavy atom. The molecule has 0 aromatic carbocycles. The van der Waals surface area contributed by atoms with Gasteiger partial charge in [-0.15, -0.1) is 0 Å². The van der Waals surface area contributed by atoms with Crippen molar-refractivity contribution in [1.82, 2.24) is 0 Å². The highest BCUT2D eigenvalue weighted by Crippen LogP contribution is 2.16. The van der Waals surface area contributed by atoms with Gasteiger partial charge < -0.3 is 14.6 Å². The standard InChI is InChI=1S/C20H40O4/c1-4-5-6-7-8-9-10-11-12-13-14-15-18(23-2)16-17-19(24-3)20(21)22/h18-19H,4-17H2,1-3H3,(H,21,22). The van der Waals surface area contributed by atoms with Gasteiger partial charge in [-0.1, -0.05) is 77.6 Å². The third-order valence-corrected chi connectivity index (χ3v) is 4.77. The zero-order valence-corrected chi connectivity index (χ0v) is 16.2. The van der Waals surface area contributed by atoms with Gasteiger partial charge in [-0.25, -0.2) is 4.79 Å². The van der Waals surface area contributed by atoms with E-state index in [1.54, 1.807) is 7.11 Å². The second-order valence-electron chi connectivity index (χ2n) is 6.82. The van der Waals surface area contributed by atoms with Gasteiger partial charge in [0.15, 0.2) is 6.10 Å². The lowest BCUT2D eigenvalue weighted by Crippen LogP contribution is -2.24. The molecule has 0 saturated carbocycles. The predicted octanol–water partition coefficient (Wildman–Crippen LogP) is 5.58. The zero-order chi connectivity index (χ0) is 18.0. The molecule has 0 aromatic rings. The van der Waals surface area contributed by atoms with E-state index in [0.717, 1.165) is 12.8 Å². The SMILES string of the molecule is CCCCCCCCCCCCCC(CCC(OC)C(=O)O)OC. The van der Waals surface area contributed by atoms with Crippen molar-refractivity contribution < 1.29 is 19.4 Å². The van der Waals surface area contributed by atoms with E-state index in [9.17, 15) is 4.79 Å². The predicted molar refractivity (Wildman–Crippen MR) is 99.5 cm³/mol. The number of hydrogen-bond donors (Lipinski definition) is 1. The number of aliphatic carboxylic acids is 1. The highest BCUT2D eigenvalue weighted by atomic mass is 16.5. The van der Waals surface area contributed by atoms with Crippen molar-refractivity contribution in [2.75, 3.05) is 14.2 Å². The number of carboxylic acids is 1. The van der Waals surface area contributed by atoms with Crippen molar-refractivity contribution in [1.29, 1.82) is 0 Å². The second kappa shape index (κ2) is 17.2. The molecule has 2 atom stereocenters. The van der Waals surface area contributed by atoms with Gasteiger partial charge in [-0.2, -0.15) is 0 Å². The quantitative estimate of drug-likeness (QED) is 0.330. The molecular weight excluding hydrogens is 304 g/mol. The van der Waals surface area contributed by atoms with Gasteiger partial charge >= 0.3 is 5.97 Å². The maximum atomic E-state index is 10.9. The summed E-state index contributed by atoms with van der Waals surface area (Å²) in [5, 5.41) is 8.97. The molecule has 1 N–H and O–H groups in total. The van der Waals surface area contributed by atoms with Crippen LogP contribution in [0.1, 0.15) is 96.8 Å². The lowest BCUT2D eigenvalue weighted by atomic mass is 10.0. The van der Waals surface area contributed by atoms with Crippen LogP contribution >= 0.6 is 0 Å². The van der Waals surface area contributed by atoms with Crippen LogP contribution in [0.3, 0.4) is 0 Å². The average Bonchev–Trinajstić information content (AvgIpc) is 2.58. The minimum Gasteiger partial charge on any atom is -0.479 e. The van der Waals surface area contributed by atoms with Crippen LogP contribution in [0, 0.1) is 0 Å². The van der Waals surface area contributed by atoms with Crippen LogP contribution in [0.2, 0.25) is 0 Å². The third kappa shape index (κ3) is 13.8. The fourth-order valence-corrected chi connectivity index (χ4v) is 3.10. The molecule has 0 aliphatic rings. The van der Waals surface area contributed by atoms with E-state index < -0.39 is 12.1 Å². The number of rotatable bonds is 18. The molecule has 0 aliphatic heterocycles. The zero-order valence-electron chi connectivity index (χ0n) is 16.2. The van der Waals surface area contributed by atoms with Crippen LogP contribution in [0.15, 0.2) is 0 Å². The normalized spacial score (nSPS) is 13.8. The van der Waals surface area contributed by atoms with Crippen molar-refractivity contribution >= 4 is 5.97 Å². The molecule has 0 aliphatic carbocycles. The maximum Gasteiger partial charge on any atom is 0.332 e. The topological polar surface area (TPSA) is 55.8 Å². The van der Waals surface area contributed by atoms with Crippen molar-refractivity contribution in [2.24, 2.45) is 0 Å². The molecule has 0 saturated heterocycles. The molecule has 24 heavy (non-hydrogen) atoms. The lowest BCUT2D eigenvalue weighted by Gasteiger charge is -2.17. The molecule has 0 aromatic heterocycles. The summed E-state index contributed by atoms with van der Waals surface area (Å²) in [7, 11) is 3.16. The minimum atomic E-state index is -0.887. The Morgan fingerprint density at radius 2 is 1.25 bits per heavy atom. The van der Waals surface area contributed by atoms with E-state index >= 15 is 0 Å². The average molecular weight is 345 g/mol. The molecule has 0 rings (SSSR count). The number of ether oxygens (including phenoxy) is 2. The van der Waals surface area contributed by atoms with E-state index in [0.29, 0.717) is 6.42 Å². The van der Waals surface area contributed by atoms with Gasteiger partial charge in [0.05, 0.1) is 6.10 Å². The van der Waals surface area contributed by atoms with Crippen molar-refractivity contribution in [3.8, 4) is 0 Å². The first-order chi connectivity index (χ1) is 11.7. The fraction of sp³-hybridized carbons (Fsp3) is 0.950. The second-order valence-corrected chi connectivity index (χ2v) is 6.82. The molecule has 4 heteroatoms. The monoisotopic (exact) mass is 344 g/mol. The number of unbranched alkanes of at least 4 members (excludes halogenated alkanes) is 10. The molecule has 4 nitrogen and oxygen atoms in total. The Labute approximate surface area is 149 Å². The summed E-state index contributed by atoms with van der Waals surface area (Å²) < 4.78 is 10.4. The van der Waals surface area contributed by atoms with Gasteiger partial charge in [0.2, 0.25) is 0 Å². The summed E-state index contributed by atoms with van der Waals surface area (Å²) in [6, 6.07) is 0. The Kier molecular flexibility index (Phi) is 16.8. The number of carbonyl (C=O) groups is 1. The third-order valence-electron chi connectivity index (χ3n) is 4.77. The Hall–Kier alpha value is -0.610. The first-order valence-electron chi connectivity index (χ1n) is 9.94. The summed E-state index contributed by atoms with van der Waals surface area (Å²) in [6.45, 7) is 2.26. The molecule has 0 spiro atoms. The number of methoxy groups -OCH3 is 2. The highest BCUT2D eigenvalue weighted by Gasteiger charge is 2.18. The lowest BCUT2D eigenvalue weighted by molar-refractivity contribution is -0.149. The van der Waals surface area contributed by atoms with Crippen LogP contribution in [-0.4, -0.2) is 37.5 Å². The van der Waals surface area contributed by atoms with Gasteiger partial charge in [0.25, 0.3) is 0 Å². The molecule has 0 fully saturated rings. The number of carboxylic acid groups (broad SMARTS) is 1. The first-order valence-corrected chi connectivity index (χ1v) is 9.94. The molecule has 0 amide bonds. The largest absolute Gasteiger partial charge is 0.479 e. The summed E-state index contributed by atoms with van der Waals surface area (Å²) in [4.78, 5) is 10.9. The van der Waals surface area contributed by atoms with Crippen LogP contribution in [-0.2, 0) is 14.3 Å². The number of hydrogen-bond acceptors (Lipinski definition) is 3. The fourth-order valence-electron chi connectivity index (χ4n) is 3.10. The molecule has 0 bridgehead atoms. The van der Waals surface area contributed by atoms with Crippen LogP contribution in [0.25, 0.3) is 0 Å². The van der Waals surface area contributed by atoms with Crippen molar-refractivity contribution in [2.45, 2.75) is 109 Å². The van der Waals surface area contributed by atoms with Gasteiger partial charge in [-0.05, 0) is 19.3 Å². The summed E-state index contributed by atoms with van der Waals surface area (Å²) in [5.74, 6) is -0.887. The molecule has 144 valence electrons. The first kappa shape index (κ1) is 23.4. The Morgan fingerprint density at radius 3 is 1.67 bits per heavy atom. The smallest absolute Gasteiger partial charge is 0.332 e. The molecular formula is C20H40O4. The summed E-state index contributed by atoms with van der Waals surface area (Å²) in [6.07, 6.45) is 16.5. The van der Waals surface area contributed by atoms with Crippen LogP contribution < -0.4 is 0 Å². The van der Waals surface area contributed by atoms with Crippen molar-refractivity contribution in [3.05, 3.63) is 0 Å². The highest BCUT2D eigenvalue weighted by molar-refractivity contribution is 5.72. The van der Waals surface area contributed by atoms with Gasteiger partial charge in [0.1, 0.15) is 0 Å². The van der Waals surface area contributed by atoms with Crippen molar-refractivity contribution in [3.63, 3.8) is 0 Å². The van der Waals surface area contributed by atoms with Crippen LogP contribution in [0.4, 0.5) is 0 Å². The van der Waals surface area contributed by atoms with Crippen LogP contribution in [0.5, 0.6) is 0 Å². The molecule has 2 unspecified atom stereocenters. The maximum absolute atomic E-state index is 10.9. The van der Waals surface area contributed by atoms with Gasteiger partial charge in [0, 0.05) is 14.2 Å². The summed E-state index contributed by atoms with van der Waals surface area (Å²) in [5.41, 5.74) is 0. The van der Waals surface area contributed by atoms with E-state index in [1.807, 2.05) is 0 Å².